The number of rotatable bonds is 4. The van der Waals surface area contributed by atoms with Crippen LogP contribution in [-0.2, 0) is 0 Å². The molecule has 0 aliphatic carbocycles. The van der Waals surface area contributed by atoms with E-state index in [1.165, 1.54) is 59.2 Å². The molecular weight excluding hydrogens is 681 g/mol. The Kier molecular flexibility index (Phi) is 6.60. The molecule has 10 aromatic carbocycles. The van der Waals surface area contributed by atoms with Gasteiger partial charge in [0, 0.05) is 28.3 Å². The smallest absolute Gasteiger partial charge is 0.165 e. The molecule has 0 saturated carbocycles. The molecule has 4 nitrogen and oxygen atoms in total. The summed E-state index contributed by atoms with van der Waals surface area (Å²) in [4.78, 5) is 20.6. The fourth-order valence-corrected chi connectivity index (χ4v) is 8.91. The van der Waals surface area contributed by atoms with Crippen molar-refractivity contribution in [3.05, 3.63) is 182 Å². The Morgan fingerprint density at radius 1 is 0.286 bits per heavy atom. The van der Waals surface area contributed by atoms with Gasteiger partial charge in [-0.25, -0.2) is 15.0 Å². The molecule has 12 aromatic rings. The quantitative estimate of drug-likeness (QED) is 0.171. The normalized spacial score (nSPS) is 11.9. The molecule has 0 aliphatic rings. The van der Waals surface area contributed by atoms with Gasteiger partial charge in [0.2, 0.25) is 0 Å². The van der Waals surface area contributed by atoms with E-state index in [9.17, 15) is 0 Å². The number of pyridine rings is 1. The van der Waals surface area contributed by atoms with Gasteiger partial charge in [0.05, 0.1) is 5.52 Å². The summed E-state index contributed by atoms with van der Waals surface area (Å²) >= 11 is 0. The standard InChI is InChI=1S/C52H30N4/c1-2-11-31(12-3-1)39-17-5-6-18-43(39)52-55-50(54-51(56-52)38-27-35-13-4-7-22-45(35)53-30-38)37-28-36-26-25-34-15-9-20-41-40-19-8-14-32-23-24-33-16-10-21-42(48(33)46(32)40)44(29-37)49(36)47(34)41/h1-30H. The molecule has 0 N–H and O–H groups in total. The van der Waals surface area contributed by atoms with Crippen molar-refractivity contribution in [3.63, 3.8) is 0 Å². The van der Waals surface area contributed by atoms with E-state index in [1.54, 1.807) is 0 Å². The number of hydrogen-bond donors (Lipinski definition) is 0. The zero-order chi connectivity index (χ0) is 36.7. The summed E-state index contributed by atoms with van der Waals surface area (Å²) in [5.41, 5.74) is 5.80. The van der Waals surface area contributed by atoms with E-state index in [2.05, 4.69) is 152 Å². The largest absolute Gasteiger partial charge is 0.255 e. The number of aromatic nitrogens is 4. The third-order valence-corrected chi connectivity index (χ3v) is 11.4. The van der Waals surface area contributed by atoms with Crippen molar-refractivity contribution < 1.29 is 0 Å². The van der Waals surface area contributed by atoms with Crippen molar-refractivity contribution >= 4 is 75.5 Å². The lowest BCUT2D eigenvalue weighted by molar-refractivity contribution is 1.07. The van der Waals surface area contributed by atoms with Crippen LogP contribution in [0.15, 0.2) is 182 Å². The van der Waals surface area contributed by atoms with Gasteiger partial charge >= 0.3 is 0 Å². The maximum atomic E-state index is 5.33. The zero-order valence-electron chi connectivity index (χ0n) is 30.1. The summed E-state index contributed by atoms with van der Waals surface area (Å²) in [6.07, 6.45) is 1.87. The Morgan fingerprint density at radius 2 is 0.786 bits per heavy atom. The monoisotopic (exact) mass is 710 g/mol. The molecule has 0 atom stereocenters. The first-order valence-electron chi connectivity index (χ1n) is 19.0. The molecule has 258 valence electrons. The molecule has 0 radical (unpaired) electrons. The van der Waals surface area contributed by atoms with Gasteiger partial charge in [-0.05, 0) is 100 Å². The maximum Gasteiger partial charge on any atom is 0.165 e. The fraction of sp³-hybridized carbons (Fsp3) is 0. The minimum absolute atomic E-state index is 0.579. The lowest BCUT2D eigenvalue weighted by Gasteiger charge is -2.17. The van der Waals surface area contributed by atoms with E-state index in [1.807, 2.05) is 30.5 Å². The molecular formula is C52H30N4. The van der Waals surface area contributed by atoms with Crippen LogP contribution in [0.4, 0.5) is 0 Å². The van der Waals surface area contributed by atoms with Gasteiger partial charge in [-0.3, -0.25) is 4.98 Å². The SMILES string of the molecule is c1ccc(-c2ccccc2-c2nc(-c3cnc4ccccc4c3)nc(-c3cc4ccc5cccc6c7cccc8ccc9cccc(c(c3)c4c56)c9c87)n2)cc1. The molecule has 56 heavy (non-hydrogen) atoms. The topological polar surface area (TPSA) is 51.6 Å². The molecule has 0 spiro atoms. The number of fused-ring (bicyclic) bond motifs is 3. The summed E-state index contributed by atoms with van der Waals surface area (Å²) in [7, 11) is 0. The van der Waals surface area contributed by atoms with Gasteiger partial charge in [0.1, 0.15) is 0 Å². The van der Waals surface area contributed by atoms with E-state index in [0.29, 0.717) is 17.5 Å². The highest BCUT2D eigenvalue weighted by molar-refractivity contribution is 6.37. The molecule has 0 amide bonds. The highest BCUT2D eigenvalue weighted by Crippen LogP contribution is 2.44. The first kappa shape index (κ1) is 30.9. The Hall–Kier alpha value is -7.56. The molecule has 4 heteroatoms. The molecule has 0 aliphatic heterocycles. The molecule has 0 saturated heterocycles. The zero-order valence-corrected chi connectivity index (χ0v) is 30.1. The minimum atomic E-state index is 0.579. The van der Waals surface area contributed by atoms with Crippen LogP contribution in [0.5, 0.6) is 0 Å². The van der Waals surface area contributed by atoms with Gasteiger partial charge in [0.15, 0.2) is 17.5 Å². The van der Waals surface area contributed by atoms with E-state index in [0.717, 1.165) is 44.1 Å². The first-order valence-corrected chi connectivity index (χ1v) is 19.0. The third-order valence-electron chi connectivity index (χ3n) is 11.4. The van der Waals surface area contributed by atoms with Crippen LogP contribution in [0.25, 0.3) is 121 Å². The first-order chi connectivity index (χ1) is 27.7. The van der Waals surface area contributed by atoms with Crippen LogP contribution >= 0.6 is 0 Å². The van der Waals surface area contributed by atoms with E-state index < -0.39 is 0 Å². The van der Waals surface area contributed by atoms with Crippen molar-refractivity contribution in [1.82, 2.24) is 19.9 Å². The molecule has 12 rings (SSSR count). The van der Waals surface area contributed by atoms with Gasteiger partial charge in [-0.2, -0.15) is 0 Å². The summed E-state index contributed by atoms with van der Waals surface area (Å²) in [5.74, 6) is 1.80. The summed E-state index contributed by atoms with van der Waals surface area (Å²) < 4.78 is 0. The Labute approximate surface area is 321 Å². The molecule has 0 unspecified atom stereocenters. The summed E-state index contributed by atoms with van der Waals surface area (Å²) in [5, 5.41) is 15.8. The molecule has 0 bridgehead atoms. The Balaban J connectivity index is 1.21. The second kappa shape index (κ2) is 12.0. The van der Waals surface area contributed by atoms with Gasteiger partial charge in [0.25, 0.3) is 0 Å². The fourth-order valence-electron chi connectivity index (χ4n) is 8.91. The predicted molar refractivity (Wildman–Crippen MR) is 233 cm³/mol. The highest BCUT2D eigenvalue weighted by atomic mass is 15.0. The Morgan fingerprint density at radius 3 is 1.48 bits per heavy atom. The van der Waals surface area contributed by atoms with Gasteiger partial charge in [-0.1, -0.05) is 152 Å². The van der Waals surface area contributed by atoms with Crippen molar-refractivity contribution in [2.24, 2.45) is 0 Å². The number of benzene rings is 9. The lowest BCUT2D eigenvalue weighted by atomic mass is 9.87. The molecule has 2 aromatic heterocycles. The second-order valence-electron chi connectivity index (χ2n) is 14.6. The summed E-state index contributed by atoms with van der Waals surface area (Å²) in [6, 6.07) is 62.8. The highest BCUT2D eigenvalue weighted by Gasteiger charge is 2.20. The number of nitrogens with zero attached hydrogens (tertiary/aromatic N) is 4. The third kappa shape index (κ3) is 4.66. The van der Waals surface area contributed by atoms with Crippen molar-refractivity contribution in [2.75, 3.05) is 0 Å². The maximum absolute atomic E-state index is 5.33. The second-order valence-corrected chi connectivity index (χ2v) is 14.6. The van der Waals surface area contributed by atoms with E-state index in [-0.39, 0.29) is 0 Å². The van der Waals surface area contributed by atoms with Crippen LogP contribution in [0.1, 0.15) is 0 Å². The average Bonchev–Trinajstić information content (AvgIpc) is 3.27. The van der Waals surface area contributed by atoms with E-state index >= 15 is 0 Å². The van der Waals surface area contributed by atoms with Crippen LogP contribution in [0, 0.1) is 0 Å². The lowest BCUT2D eigenvalue weighted by Crippen LogP contribution is -2.01. The molecule has 0 fully saturated rings. The molecule has 2 heterocycles. The minimum Gasteiger partial charge on any atom is -0.255 e. The van der Waals surface area contributed by atoms with Gasteiger partial charge < -0.3 is 0 Å². The van der Waals surface area contributed by atoms with Crippen molar-refractivity contribution in [1.29, 1.82) is 0 Å². The van der Waals surface area contributed by atoms with Gasteiger partial charge in [-0.15, -0.1) is 0 Å². The predicted octanol–water partition coefficient (Wildman–Crippen LogP) is 13.4. The van der Waals surface area contributed by atoms with Crippen LogP contribution < -0.4 is 0 Å². The van der Waals surface area contributed by atoms with Crippen LogP contribution in [0.3, 0.4) is 0 Å². The average molecular weight is 711 g/mol. The van der Waals surface area contributed by atoms with Crippen LogP contribution in [-0.4, -0.2) is 19.9 Å². The Bertz CT molecular complexity index is 3530. The number of hydrogen-bond acceptors (Lipinski definition) is 4. The van der Waals surface area contributed by atoms with Crippen LogP contribution in [0.2, 0.25) is 0 Å². The van der Waals surface area contributed by atoms with Crippen molar-refractivity contribution in [2.45, 2.75) is 0 Å². The van der Waals surface area contributed by atoms with Crippen molar-refractivity contribution in [3.8, 4) is 45.3 Å². The summed E-state index contributed by atoms with van der Waals surface area (Å²) in [6.45, 7) is 0. The van der Waals surface area contributed by atoms with E-state index in [4.69, 9.17) is 19.9 Å². The number of para-hydroxylation sites is 1.